The van der Waals surface area contributed by atoms with Crippen molar-refractivity contribution in [1.82, 2.24) is 4.72 Å². The molecule has 1 amide bonds. The van der Waals surface area contributed by atoms with Crippen molar-refractivity contribution in [2.75, 3.05) is 11.9 Å². The largest absolute Gasteiger partial charge is 0.508 e. The zero-order valence-corrected chi connectivity index (χ0v) is 13.7. The number of rotatable bonds is 7. The summed E-state index contributed by atoms with van der Waals surface area (Å²) in [6, 6.07) is 15.2. The maximum absolute atomic E-state index is 11.8. The summed E-state index contributed by atoms with van der Waals surface area (Å²) >= 11 is 0. The van der Waals surface area contributed by atoms with Crippen LogP contribution in [-0.4, -0.2) is 26.0 Å². The van der Waals surface area contributed by atoms with Crippen LogP contribution in [0.15, 0.2) is 60.0 Å². The number of amides is 1. The molecule has 24 heavy (non-hydrogen) atoms. The average Bonchev–Trinajstić information content (AvgIpc) is 2.54. The first-order valence-corrected chi connectivity index (χ1v) is 8.81. The number of carbonyl (C=O) groups is 1. The molecule has 0 saturated heterocycles. The van der Waals surface area contributed by atoms with Crippen LogP contribution < -0.4 is 10.0 Å². The van der Waals surface area contributed by atoms with Gasteiger partial charge in [-0.15, -0.1) is 0 Å². The summed E-state index contributed by atoms with van der Waals surface area (Å²) < 4.78 is 26.0. The number of sulfonamides is 1. The standard InChI is InChI=1S/C17H18N2O4S/c20-16-8-4-7-15(13-16)19-17(21)9-11-18-24(22,23)12-10-14-5-2-1-3-6-14/h1-8,10,12-13,18,20H,9,11H2,(H,19,21)/b12-10+. The third-order valence-corrected chi connectivity index (χ3v) is 4.13. The molecule has 2 aromatic carbocycles. The number of aromatic hydroxyl groups is 1. The topological polar surface area (TPSA) is 95.5 Å². The van der Waals surface area contributed by atoms with Crippen molar-refractivity contribution in [1.29, 1.82) is 0 Å². The molecule has 6 nitrogen and oxygen atoms in total. The Hall–Kier alpha value is -2.64. The minimum absolute atomic E-state index is 0.0198. The van der Waals surface area contributed by atoms with Crippen molar-refractivity contribution < 1.29 is 18.3 Å². The van der Waals surface area contributed by atoms with Crippen LogP contribution >= 0.6 is 0 Å². The molecule has 0 spiro atoms. The zero-order chi connectivity index (χ0) is 17.4. The van der Waals surface area contributed by atoms with Crippen molar-refractivity contribution in [2.45, 2.75) is 6.42 Å². The van der Waals surface area contributed by atoms with Crippen molar-refractivity contribution >= 4 is 27.7 Å². The van der Waals surface area contributed by atoms with Gasteiger partial charge in [0.2, 0.25) is 15.9 Å². The molecular weight excluding hydrogens is 328 g/mol. The Morgan fingerprint density at radius 3 is 2.54 bits per heavy atom. The van der Waals surface area contributed by atoms with Crippen LogP contribution in [0.1, 0.15) is 12.0 Å². The van der Waals surface area contributed by atoms with Crippen LogP contribution in [0.2, 0.25) is 0 Å². The van der Waals surface area contributed by atoms with E-state index >= 15 is 0 Å². The molecule has 0 saturated carbocycles. The van der Waals surface area contributed by atoms with E-state index in [-0.39, 0.29) is 24.6 Å². The summed E-state index contributed by atoms with van der Waals surface area (Å²) in [4.78, 5) is 11.7. The van der Waals surface area contributed by atoms with Crippen molar-refractivity contribution in [3.05, 3.63) is 65.6 Å². The molecule has 7 heteroatoms. The van der Waals surface area contributed by atoms with E-state index in [0.29, 0.717) is 5.69 Å². The van der Waals surface area contributed by atoms with Gasteiger partial charge in [0, 0.05) is 30.1 Å². The Morgan fingerprint density at radius 1 is 1.08 bits per heavy atom. The summed E-state index contributed by atoms with van der Waals surface area (Å²) in [6.07, 6.45) is 1.46. The van der Waals surface area contributed by atoms with Gasteiger partial charge in [0.1, 0.15) is 5.75 Å². The van der Waals surface area contributed by atoms with E-state index in [1.165, 1.54) is 18.2 Å². The first kappa shape index (κ1) is 17.7. The highest BCUT2D eigenvalue weighted by molar-refractivity contribution is 7.92. The molecule has 3 N–H and O–H groups in total. The number of phenols is 1. The molecule has 0 unspecified atom stereocenters. The summed E-state index contributed by atoms with van der Waals surface area (Å²) in [5, 5.41) is 13.0. The second kappa shape index (κ2) is 8.28. The minimum atomic E-state index is -3.61. The molecule has 0 aromatic heterocycles. The molecule has 0 bridgehead atoms. The first-order chi connectivity index (χ1) is 11.4. The van der Waals surface area contributed by atoms with Gasteiger partial charge in [-0.25, -0.2) is 13.1 Å². The molecular formula is C17H18N2O4S. The summed E-state index contributed by atoms with van der Waals surface area (Å²) in [5.74, 6) is -0.310. The highest BCUT2D eigenvalue weighted by atomic mass is 32.2. The van der Waals surface area contributed by atoms with Crippen LogP contribution in [0.4, 0.5) is 5.69 Å². The smallest absolute Gasteiger partial charge is 0.233 e. The van der Waals surface area contributed by atoms with Gasteiger partial charge < -0.3 is 10.4 Å². The fourth-order valence-corrected chi connectivity index (χ4v) is 2.71. The number of nitrogens with one attached hydrogen (secondary N) is 2. The van der Waals surface area contributed by atoms with E-state index in [1.807, 2.05) is 18.2 Å². The maximum Gasteiger partial charge on any atom is 0.233 e. The Bertz CT molecular complexity index is 817. The van der Waals surface area contributed by atoms with E-state index < -0.39 is 10.0 Å². The van der Waals surface area contributed by atoms with Crippen LogP contribution in [0.5, 0.6) is 5.75 Å². The Morgan fingerprint density at radius 2 is 1.83 bits per heavy atom. The van der Waals surface area contributed by atoms with Crippen LogP contribution in [0, 0.1) is 0 Å². The fourth-order valence-electron chi connectivity index (χ4n) is 1.89. The van der Waals surface area contributed by atoms with Gasteiger partial charge in [-0.3, -0.25) is 4.79 Å². The van der Waals surface area contributed by atoms with E-state index in [4.69, 9.17) is 0 Å². The number of benzene rings is 2. The number of phenolic OH excluding ortho intramolecular Hbond substituents is 1. The van der Waals surface area contributed by atoms with E-state index in [1.54, 1.807) is 24.3 Å². The predicted octanol–water partition coefficient (Wildman–Crippen LogP) is 2.31. The second-order valence-electron chi connectivity index (χ2n) is 5.00. The quantitative estimate of drug-likeness (QED) is 0.717. The Labute approximate surface area is 140 Å². The van der Waals surface area contributed by atoms with Crippen LogP contribution in [-0.2, 0) is 14.8 Å². The van der Waals surface area contributed by atoms with Gasteiger partial charge in [0.15, 0.2) is 0 Å². The number of anilines is 1. The van der Waals surface area contributed by atoms with Gasteiger partial charge in [0.25, 0.3) is 0 Å². The average molecular weight is 346 g/mol. The molecule has 0 heterocycles. The molecule has 2 aromatic rings. The van der Waals surface area contributed by atoms with E-state index in [9.17, 15) is 18.3 Å². The van der Waals surface area contributed by atoms with E-state index in [2.05, 4.69) is 10.0 Å². The highest BCUT2D eigenvalue weighted by Crippen LogP contribution is 2.15. The van der Waals surface area contributed by atoms with Gasteiger partial charge >= 0.3 is 0 Å². The summed E-state index contributed by atoms with van der Waals surface area (Å²) in [5.41, 5.74) is 1.22. The van der Waals surface area contributed by atoms with Gasteiger partial charge in [-0.1, -0.05) is 36.4 Å². The lowest BCUT2D eigenvalue weighted by molar-refractivity contribution is -0.116. The number of hydrogen-bond acceptors (Lipinski definition) is 4. The molecule has 0 radical (unpaired) electrons. The lowest BCUT2D eigenvalue weighted by Crippen LogP contribution is -2.26. The SMILES string of the molecule is O=C(CCNS(=O)(=O)/C=C/c1ccccc1)Nc1cccc(O)c1. The van der Waals surface area contributed by atoms with Crippen molar-refractivity contribution in [3.8, 4) is 5.75 Å². The van der Waals surface area contributed by atoms with Gasteiger partial charge in [-0.05, 0) is 23.8 Å². The van der Waals surface area contributed by atoms with Gasteiger partial charge in [0.05, 0.1) is 0 Å². The van der Waals surface area contributed by atoms with Crippen molar-refractivity contribution in [3.63, 3.8) is 0 Å². The highest BCUT2D eigenvalue weighted by Gasteiger charge is 2.07. The fraction of sp³-hybridized carbons (Fsp3) is 0.118. The predicted molar refractivity (Wildman–Crippen MR) is 93.8 cm³/mol. The van der Waals surface area contributed by atoms with Gasteiger partial charge in [-0.2, -0.15) is 0 Å². The maximum atomic E-state index is 11.8. The lowest BCUT2D eigenvalue weighted by atomic mass is 10.2. The number of hydrogen-bond donors (Lipinski definition) is 3. The van der Waals surface area contributed by atoms with E-state index in [0.717, 1.165) is 11.0 Å². The molecule has 2 rings (SSSR count). The minimum Gasteiger partial charge on any atom is -0.508 e. The third-order valence-electron chi connectivity index (χ3n) is 3.02. The lowest BCUT2D eigenvalue weighted by Gasteiger charge is -2.06. The normalized spacial score (nSPS) is 11.5. The summed E-state index contributed by atoms with van der Waals surface area (Å²) in [6.45, 7) is -0.0217. The molecule has 0 aliphatic heterocycles. The van der Waals surface area contributed by atoms with Crippen molar-refractivity contribution in [2.24, 2.45) is 0 Å². The Kier molecular flexibility index (Phi) is 6.11. The molecule has 126 valence electrons. The molecule has 0 aliphatic carbocycles. The van der Waals surface area contributed by atoms with Crippen LogP contribution in [0.25, 0.3) is 6.08 Å². The molecule has 0 aliphatic rings. The monoisotopic (exact) mass is 346 g/mol. The molecule has 0 atom stereocenters. The summed E-state index contributed by atoms with van der Waals surface area (Å²) in [7, 11) is -3.61. The zero-order valence-electron chi connectivity index (χ0n) is 12.8. The first-order valence-electron chi connectivity index (χ1n) is 7.26. The second-order valence-corrected chi connectivity index (χ2v) is 6.65. The third kappa shape index (κ3) is 6.23. The van der Waals surface area contributed by atoms with Crippen LogP contribution in [0.3, 0.4) is 0 Å². The Balaban J connectivity index is 1.80. The molecule has 0 fully saturated rings. The number of carbonyl (C=O) groups excluding carboxylic acids is 1.